The highest BCUT2D eigenvalue weighted by Gasteiger charge is 2.13. The number of hydrogen-bond acceptors (Lipinski definition) is 5. The zero-order chi connectivity index (χ0) is 20.1. The van der Waals surface area contributed by atoms with Gasteiger partial charge in [-0.05, 0) is 17.7 Å². The molecule has 0 unspecified atom stereocenters. The van der Waals surface area contributed by atoms with Gasteiger partial charge in [0.1, 0.15) is 11.5 Å². The van der Waals surface area contributed by atoms with Crippen molar-refractivity contribution in [2.24, 2.45) is 0 Å². The van der Waals surface area contributed by atoms with Crippen LogP contribution in [0.15, 0.2) is 60.0 Å². The number of thiazole rings is 1. The lowest BCUT2D eigenvalue weighted by atomic mass is 10.1. The second kappa shape index (κ2) is 8.66. The van der Waals surface area contributed by atoms with Crippen LogP contribution >= 0.6 is 11.3 Å². The molecule has 0 bridgehead atoms. The van der Waals surface area contributed by atoms with Gasteiger partial charge >= 0.3 is 0 Å². The minimum absolute atomic E-state index is 0.164. The lowest BCUT2D eigenvalue weighted by molar-refractivity contribution is -0.115. The highest BCUT2D eigenvalue weighted by Crippen LogP contribution is 2.16. The Balaban J connectivity index is 1.27. The zero-order valence-corrected chi connectivity index (χ0v) is 16.3. The molecule has 29 heavy (non-hydrogen) atoms. The van der Waals surface area contributed by atoms with Gasteiger partial charge in [0.15, 0.2) is 5.13 Å². The second-order valence-corrected chi connectivity index (χ2v) is 7.31. The maximum atomic E-state index is 12.3. The minimum atomic E-state index is -0.277. The molecule has 2 amide bonds. The lowest BCUT2D eigenvalue weighted by Gasteiger charge is -2.02. The molecule has 8 heteroatoms. The number of carbonyl (C=O) groups is 2. The molecule has 0 aliphatic carbocycles. The van der Waals surface area contributed by atoms with Crippen LogP contribution in [0.1, 0.15) is 21.9 Å². The van der Waals surface area contributed by atoms with Crippen molar-refractivity contribution < 1.29 is 9.59 Å². The van der Waals surface area contributed by atoms with Crippen molar-refractivity contribution in [3.8, 4) is 0 Å². The standard InChI is InChI=1S/C21H19N5O2S/c27-19(12-14-6-2-1-3-7-14)26-21-25-17(13-29-21)20(28)22-11-10-18-23-15-8-4-5-9-16(15)24-18/h1-9,13H,10-12H2,(H,22,28)(H,23,24)(H,25,26,27). The lowest BCUT2D eigenvalue weighted by Crippen LogP contribution is -2.26. The van der Waals surface area contributed by atoms with Gasteiger partial charge in [-0.3, -0.25) is 9.59 Å². The number of anilines is 1. The largest absolute Gasteiger partial charge is 0.350 e. The van der Waals surface area contributed by atoms with Crippen molar-refractivity contribution in [2.75, 3.05) is 11.9 Å². The van der Waals surface area contributed by atoms with E-state index < -0.39 is 0 Å². The van der Waals surface area contributed by atoms with E-state index in [1.165, 1.54) is 11.3 Å². The molecule has 4 aromatic rings. The smallest absolute Gasteiger partial charge is 0.270 e. The van der Waals surface area contributed by atoms with E-state index in [1.54, 1.807) is 5.38 Å². The van der Waals surface area contributed by atoms with E-state index >= 15 is 0 Å². The molecule has 0 aliphatic rings. The highest BCUT2D eigenvalue weighted by atomic mass is 32.1. The number of nitrogens with zero attached hydrogens (tertiary/aromatic N) is 2. The average molecular weight is 405 g/mol. The van der Waals surface area contributed by atoms with Gasteiger partial charge in [-0.1, -0.05) is 42.5 Å². The van der Waals surface area contributed by atoms with Gasteiger partial charge in [0.05, 0.1) is 17.5 Å². The summed E-state index contributed by atoms with van der Waals surface area (Å²) in [5.41, 5.74) is 3.09. The summed E-state index contributed by atoms with van der Waals surface area (Å²) in [5, 5.41) is 7.61. The summed E-state index contributed by atoms with van der Waals surface area (Å²) in [5.74, 6) is 0.377. The Morgan fingerprint density at radius 3 is 2.62 bits per heavy atom. The van der Waals surface area contributed by atoms with Gasteiger partial charge in [-0.15, -0.1) is 11.3 Å². The number of amides is 2. The van der Waals surface area contributed by atoms with Crippen LogP contribution < -0.4 is 10.6 Å². The van der Waals surface area contributed by atoms with E-state index in [9.17, 15) is 9.59 Å². The Kier molecular flexibility index (Phi) is 5.62. The predicted octanol–water partition coefficient (Wildman–Crippen LogP) is 3.17. The zero-order valence-electron chi connectivity index (χ0n) is 15.5. The SMILES string of the molecule is O=C(Cc1ccccc1)Nc1nc(C(=O)NCCc2nc3ccccc3[nH]2)cs1. The quantitative estimate of drug-likeness (QED) is 0.440. The van der Waals surface area contributed by atoms with Gasteiger partial charge < -0.3 is 15.6 Å². The molecule has 0 radical (unpaired) electrons. The van der Waals surface area contributed by atoms with E-state index in [2.05, 4.69) is 25.6 Å². The summed E-state index contributed by atoms with van der Waals surface area (Å²) in [6.45, 7) is 0.436. The fourth-order valence-corrected chi connectivity index (χ4v) is 3.60. The van der Waals surface area contributed by atoms with E-state index in [-0.39, 0.29) is 23.9 Å². The molecule has 7 nitrogen and oxygen atoms in total. The van der Waals surface area contributed by atoms with Crippen molar-refractivity contribution in [1.29, 1.82) is 0 Å². The minimum Gasteiger partial charge on any atom is -0.350 e. The normalized spacial score (nSPS) is 10.8. The second-order valence-electron chi connectivity index (χ2n) is 6.45. The Labute approximate surface area is 171 Å². The molecule has 0 saturated carbocycles. The van der Waals surface area contributed by atoms with Crippen LogP contribution in [0.25, 0.3) is 11.0 Å². The number of carbonyl (C=O) groups excluding carboxylic acids is 2. The number of benzene rings is 2. The first-order valence-electron chi connectivity index (χ1n) is 9.18. The molecule has 2 heterocycles. The van der Waals surface area contributed by atoms with Crippen LogP contribution in [0.3, 0.4) is 0 Å². The van der Waals surface area contributed by atoms with Gasteiger partial charge in [-0.25, -0.2) is 9.97 Å². The highest BCUT2D eigenvalue weighted by molar-refractivity contribution is 7.14. The first kappa shape index (κ1) is 18.8. The first-order valence-corrected chi connectivity index (χ1v) is 10.1. The van der Waals surface area contributed by atoms with Crippen molar-refractivity contribution in [1.82, 2.24) is 20.3 Å². The van der Waals surface area contributed by atoms with Crippen molar-refractivity contribution in [2.45, 2.75) is 12.8 Å². The predicted molar refractivity (Wildman–Crippen MR) is 113 cm³/mol. The Bertz CT molecular complexity index is 1100. The van der Waals surface area contributed by atoms with Crippen LogP contribution in [0, 0.1) is 0 Å². The number of rotatable bonds is 7. The third-order valence-electron chi connectivity index (χ3n) is 4.28. The fraction of sp³-hybridized carbons (Fsp3) is 0.143. The van der Waals surface area contributed by atoms with Crippen LogP contribution in [-0.4, -0.2) is 33.3 Å². The van der Waals surface area contributed by atoms with E-state index in [0.717, 1.165) is 22.4 Å². The Morgan fingerprint density at radius 2 is 1.79 bits per heavy atom. The third-order valence-corrected chi connectivity index (χ3v) is 5.03. The van der Waals surface area contributed by atoms with Crippen LogP contribution in [0.5, 0.6) is 0 Å². The Hall–Kier alpha value is -3.52. The summed E-state index contributed by atoms with van der Waals surface area (Å²) in [6.07, 6.45) is 0.852. The summed E-state index contributed by atoms with van der Waals surface area (Å²) in [6, 6.07) is 17.3. The molecule has 0 atom stereocenters. The van der Waals surface area contributed by atoms with Crippen molar-refractivity contribution >= 4 is 39.3 Å². The van der Waals surface area contributed by atoms with Crippen LogP contribution in [-0.2, 0) is 17.6 Å². The molecule has 3 N–H and O–H groups in total. The number of para-hydroxylation sites is 2. The van der Waals surface area contributed by atoms with Crippen LogP contribution in [0.2, 0.25) is 0 Å². The van der Waals surface area contributed by atoms with E-state index in [4.69, 9.17) is 0 Å². The van der Waals surface area contributed by atoms with Gasteiger partial charge in [0, 0.05) is 18.3 Å². The van der Waals surface area contributed by atoms with Crippen molar-refractivity contribution in [3.63, 3.8) is 0 Å². The number of aromatic amines is 1. The van der Waals surface area contributed by atoms with Gasteiger partial charge in [0.2, 0.25) is 5.91 Å². The Morgan fingerprint density at radius 1 is 1.00 bits per heavy atom. The molecule has 2 aromatic heterocycles. The topological polar surface area (TPSA) is 99.8 Å². The molecule has 0 fully saturated rings. The maximum Gasteiger partial charge on any atom is 0.270 e. The number of aromatic nitrogens is 3. The molecule has 4 rings (SSSR count). The summed E-state index contributed by atoms with van der Waals surface area (Å²) in [7, 11) is 0. The number of fused-ring (bicyclic) bond motifs is 1. The molecule has 0 spiro atoms. The molecular weight excluding hydrogens is 386 g/mol. The van der Waals surface area contributed by atoms with Crippen LogP contribution in [0.4, 0.5) is 5.13 Å². The van der Waals surface area contributed by atoms with Gasteiger partial charge in [-0.2, -0.15) is 0 Å². The summed E-state index contributed by atoms with van der Waals surface area (Å²) >= 11 is 1.23. The number of hydrogen-bond donors (Lipinski definition) is 3. The summed E-state index contributed by atoms with van der Waals surface area (Å²) in [4.78, 5) is 36.3. The molecule has 2 aromatic carbocycles. The maximum absolute atomic E-state index is 12.3. The van der Waals surface area contributed by atoms with E-state index in [0.29, 0.717) is 18.1 Å². The monoisotopic (exact) mass is 405 g/mol. The average Bonchev–Trinajstić information content (AvgIpc) is 3.35. The van der Waals surface area contributed by atoms with Gasteiger partial charge in [0.25, 0.3) is 5.91 Å². The molecule has 146 valence electrons. The fourth-order valence-electron chi connectivity index (χ4n) is 2.89. The summed E-state index contributed by atoms with van der Waals surface area (Å²) < 4.78 is 0. The number of H-pyrrole nitrogens is 1. The third kappa shape index (κ3) is 4.85. The number of imidazole rings is 1. The van der Waals surface area contributed by atoms with E-state index in [1.807, 2.05) is 54.6 Å². The molecular formula is C21H19N5O2S. The number of nitrogens with one attached hydrogen (secondary N) is 3. The molecule has 0 saturated heterocycles. The first-order chi connectivity index (χ1) is 14.2. The van der Waals surface area contributed by atoms with Crippen molar-refractivity contribution in [3.05, 3.63) is 77.1 Å². The molecule has 0 aliphatic heterocycles.